The molecule has 1 aliphatic rings. The average Bonchev–Trinajstić information content (AvgIpc) is 3.49. The predicted molar refractivity (Wildman–Crippen MR) is 123 cm³/mol. The summed E-state index contributed by atoms with van der Waals surface area (Å²) in [7, 11) is -2.39. The van der Waals surface area contributed by atoms with E-state index in [2.05, 4.69) is 19.6 Å². The van der Waals surface area contributed by atoms with Gasteiger partial charge in [-0.15, -0.1) is 11.3 Å². The van der Waals surface area contributed by atoms with E-state index < -0.39 is 10.0 Å². The summed E-state index contributed by atoms with van der Waals surface area (Å²) in [5, 5.41) is 2.57. The summed E-state index contributed by atoms with van der Waals surface area (Å²) in [6.45, 7) is 3.26. The minimum Gasteiger partial charge on any atom is -0.494 e. The number of thiazole rings is 1. The molecule has 4 heterocycles. The third-order valence-corrected chi connectivity index (χ3v) is 8.18. The average molecular weight is 480 g/mol. The van der Waals surface area contributed by atoms with Crippen molar-refractivity contribution in [1.29, 1.82) is 0 Å². The highest BCUT2D eigenvalue weighted by Gasteiger charge is 2.26. The van der Waals surface area contributed by atoms with Crippen molar-refractivity contribution in [3.63, 3.8) is 0 Å². The summed E-state index contributed by atoms with van der Waals surface area (Å²) < 4.78 is 35.9. The number of halogens is 1. The van der Waals surface area contributed by atoms with E-state index in [9.17, 15) is 8.42 Å². The number of fused-ring (bicyclic) bond motifs is 2. The Bertz CT molecular complexity index is 1350. The second-order valence-corrected chi connectivity index (χ2v) is 10.4. The summed E-state index contributed by atoms with van der Waals surface area (Å²) in [5.41, 5.74) is 2.39. The predicted octanol–water partition coefficient (Wildman–Crippen LogP) is 3.98. The lowest BCUT2D eigenvalue weighted by Gasteiger charge is -2.14. The number of aromatic amines is 1. The molecule has 5 rings (SSSR count). The van der Waals surface area contributed by atoms with Crippen LogP contribution in [0.2, 0.25) is 5.15 Å². The van der Waals surface area contributed by atoms with Crippen LogP contribution in [0, 0.1) is 0 Å². The molecule has 4 aromatic rings. The first-order valence-electron chi connectivity index (χ1n) is 10.0. The van der Waals surface area contributed by atoms with E-state index in [1.165, 1.54) is 28.6 Å². The minimum atomic E-state index is -3.96. The molecule has 0 amide bonds. The molecule has 0 bridgehead atoms. The van der Waals surface area contributed by atoms with Crippen LogP contribution in [0.25, 0.3) is 15.9 Å². The molecule has 0 atom stereocenters. The van der Waals surface area contributed by atoms with Crippen molar-refractivity contribution in [3.8, 4) is 5.75 Å². The topological polar surface area (TPSA) is 91.7 Å². The molecule has 164 valence electrons. The second-order valence-electron chi connectivity index (χ2n) is 7.58. The van der Waals surface area contributed by atoms with Crippen molar-refractivity contribution in [1.82, 2.24) is 19.3 Å². The number of anilines is 1. The van der Waals surface area contributed by atoms with Crippen LogP contribution in [0.15, 0.2) is 34.9 Å². The summed E-state index contributed by atoms with van der Waals surface area (Å²) in [6.07, 6.45) is 7.00. The van der Waals surface area contributed by atoms with Crippen LogP contribution < -0.4 is 9.46 Å². The quantitative estimate of drug-likeness (QED) is 0.418. The molecule has 0 saturated carbocycles. The Kier molecular flexibility index (Phi) is 5.33. The molecule has 1 saturated heterocycles. The van der Waals surface area contributed by atoms with Crippen LogP contribution in [-0.2, 0) is 16.4 Å². The van der Waals surface area contributed by atoms with Gasteiger partial charge in [0, 0.05) is 35.8 Å². The molecule has 0 aliphatic carbocycles. The van der Waals surface area contributed by atoms with Crippen molar-refractivity contribution in [3.05, 3.63) is 40.6 Å². The summed E-state index contributed by atoms with van der Waals surface area (Å²) >= 11 is 7.46. The van der Waals surface area contributed by atoms with Gasteiger partial charge in [-0.05, 0) is 44.0 Å². The van der Waals surface area contributed by atoms with E-state index in [-0.39, 0.29) is 10.2 Å². The number of methoxy groups -OCH3 is 1. The minimum absolute atomic E-state index is 0.0552. The van der Waals surface area contributed by atoms with Crippen LogP contribution in [0.5, 0.6) is 5.75 Å². The van der Waals surface area contributed by atoms with Crippen molar-refractivity contribution in [2.24, 2.45) is 0 Å². The Balaban J connectivity index is 1.49. The Morgan fingerprint density at radius 3 is 2.90 bits per heavy atom. The molecule has 11 heteroatoms. The van der Waals surface area contributed by atoms with Gasteiger partial charge in [0.05, 0.1) is 18.3 Å². The number of ether oxygens (including phenoxy) is 1. The molecule has 0 radical (unpaired) electrons. The van der Waals surface area contributed by atoms with Gasteiger partial charge >= 0.3 is 0 Å². The van der Waals surface area contributed by atoms with Gasteiger partial charge in [0.1, 0.15) is 5.75 Å². The van der Waals surface area contributed by atoms with Gasteiger partial charge in [0.15, 0.2) is 15.1 Å². The maximum absolute atomic E-state index is 13.1. The van der Waals surface area contributed by atoms with Gasteiger partial charge in [-0.25, -0.2) is 4.98 Å². The van der Waals surface area contributed by atoms with E-state index in [1.54, 1.807) is 24.8 Å². The third-order valence-electron chi connectivity index (χ3n) is 5.64. The Hall–Kier alpha value is -2.27. The van der Waals surface area contributed by atoms with Gasteiger partial charge < -0.3 is 14.6 Å². The lowest BCUT2D eigenvalue weighted by molar-refractivity contribution is 0.344. The normalized spacial score (nSPS) is 15.3. The Morgan fingerprint density at radius 1 is 1.32 bits per heavy atom. The van der Waals surface area contributed by atoms with Crippen LogP contribution in [0.4, 0.5) is 5.69 Å². The molecule has 1 aromatic carbocycles. The monoisotopic (exact) mass is 479 g/mol. The number of imidazole rings is 1. The molecule has 0 unspecified atom stereocenters. The van der Waals surface area contributed by atoms with Gasteiger partial charge in [0.2, 0.25) is 0 Å². The summed E-state index contributed by atoms with van der Waals surface area (Å²) in [5.74, 6) is 0.572. The zero-order valence-electron chi connectivity index (χ0n) is 16.9. The number of rotatable bonds is 7. The second kappa shape index (κ2) is 8.01. The largest absolute Gasteiger partial charge is 0.494 e. The van der Waals surface area contributed by atoms with Crippen molar-refractivity contribution in [2.75, 3.05) is 31.5 Å². The van der Waals surface area contributed by atoms with E-state index >= 15 is 0 Å². The van der Waals surface area contributed by atoms with E-state index in [0.29, 0.717) is 16.4 Å². The molecule has 2 N–H and O–H groups in total. The third kappa shape index (κ3) is 3.78. The molecule has 8 nitrogen and oxygen atoms in total. The Labute approximate surface area is 188 Å². The number of sulfonamides is 1. The van der Waals surface area contributed by atoms with Crippen LogP contribution in [0.3, 0.4) is 0 Å². The number of nitrogens with zero attached hydrogens (tertiary/aromatic N) is 3. The van der Waals surface area contributed by atoms with Gasteiger partial charge in [0.25, 0.3) is 10.0 Å². The van der Waals surface area contributed by atoms with Crippen molar-refractivity contribution < 1.29 is 13.2 Å². The lowest BCUT2D eigenvalue weighted by atomic mass is 10.1. The number of H-pyrrole nitrogens is 1. The molecule has 31 heavy (non-hydrogen) atoms. The fraction of sp³-hybridized carbons (Fsp3) is 0.350. The number of hydrogen-bond acceptors (Lipinski definition) is 6. The molecular weight excluding hydrogens is 458 g/mol. The first kappa shape index (κ1) is 20.6. The fourth-order valence-corrected chi connectivity index (χ4v) is 6.64. The van der Waals surface area contributed by atoms with Crippen LogP contribution in [0.1, 0.15) is 18.4 Å². The molecule has 3 aromatic heterocycles. The number of aromatic nitrogens is 3. The maximum atomic E-state index is 13.1. The van der Waals surface area contributed by atoms with E-state index in [4.69, 9.17) is 16.3 Å². The van der Waals surface area contributed by atoms with E-state index in [1.807, 2.05) is 12.3 Å². The standard InChI is InChI=1S/C20H22ClN5O3S2/c1-29-16-11-14(24-31(27,28)19-18(21)23-20-26(19)8-9-30-20)10-15-13(12-22-17(15)16)4-7-25-5-2-3-6-25/h8-12,22,24H,2-7H2,1H3. The number of likely N-dealkylation sites (tertiary alicyclic amines) is 1. The number of nitrogens with one attached hydrogen (secondary N) is 2. The number of benzene rings is 1. The molecule has 1 fully saturated rings. The first-order chi connectivity index (χ1) is 15.0. The van der Waals surface area contributed by atoms with Crippen molar-refractivity contribution in [2.45, 2.75) is 24.3 Å². The molecule has 0 spiro atoms. The smallest absolute Gasteiger partial charge is 0.281 e. The summed E-state index contributed by atoms with van der Waals surface area (Å²) in [4.78, 5) is 10.4. The lowest BCUT2D eigenvalue weighted by Crippen LogP contribution is -2.21. The Morgan fingerprint density at radius 2 is 2.13 bits per heavy atom. The number of hydrogen-bond donors (Lipinski definition) is 2. The molecule has 1 aliphatic heterocycles. The fourth-order valence-electron chi connectivity index (χ4n) is 4.15. The zero-order valence-corrected chi connectivity index (χ0v) is 19.3. The zero-order chi connectivity index (χ0) is 21.6. The van der Waals surface area contributed by atoms with Gasteiger partial charge in [-0.3, -0.25) is 9.12 Å². The highest BCUT2D eigenvalue weighted by Crippen LogP contribution is 2.34. The van der Waals surface area contributed by atoms with Crippen molar-refractivity contribution >= 4 is 54.5 Å². The van der Waals surface area contributed by atoms with Crippen LogP contribution >= 0.6 is 22.9 Å². The van der Waals surface area contributed by atoms with E-state index in [0.717, 1.165) is 42.5 Å². The van der Waals surface area contributed by atoms with Crippen LogP contribution in [-0.4, -0.2) is 54.4 Å². The summed E-state index contributed by atoms with van der Waals surface area (Å²) in [6, 6.07) is 3.51. The highest BCUT2D eigenvalue weighted by atomic mass is 35.5. The van der Waals surface area contributed by atoms with Gasteiger partial charge in [-0.2, -0.15) is 8.42 Å². The highest BCUT2D eigenvalue weighted by molar-refractivity contribution is 7.92. The SMILES string of the molecule is COc1cc(NS(=O)(=O)c2c(Cl)nc3sccn23)cc2c(CCN3CCCC3)c[nH]c12. The molecular formula is C20H22ClN5O3S2. The first-order valence-corrected chi connectivity index (χ1v) is 12.7. The van der Waals surface area contributed by atoms with Gasteiger partial charge in [-0.1, -0.05) is 11.6 Å². The maximum Gasteiger partial charge on any atom is 0.281 e.